The van der Waals surface area contributed by atoms with Gasteiger partial charge in [0.1, 0.15) is 5.75 Å². The largest absolute Gasteiger partial charge is 0.494 e. The van der Waals surface area contributed by atoms with Gasteiger partial charge in [-0.25, -0.2) is 13.2 Å². The van der Waals surface area contributed by atoms with Gasteiger partial charge in [-0.05, 0) is 49.4 Å². The molecule has 1 saturated heterocycles. The molecule has 0 bridgehead atoms. The fraction of sp³-hybridized carbons (Fsp3) is 0.316. The van der Waals surface area contributed by atoms with E-state index in [1.54, 1.807) is 18.2 Å². The number of hydrogen-bond acceptors (Lipinski definition) is 6. The van der Waals surface area contributed by atoms with Gasteiger partial charge in [0.05, 0.1) is 22.8 Å². The highest BCUT2D eigenvalue weighted by Gasteiger charge is 2.21. The number of sulfonamides is 1. The van der Waals surface area contributed by atoms with E-state index in [-0.39, 0.29) is 16.1 Å². The maximum Gasteiger partial charge on any atom is 0.337 e. The maximum absolute atomic E-state index is 12.7. The number of thioether (sulfide) groups is 1. The van der Waals surface area contributed by atoms with E-state index in [9.17, 15) is 18.3 Å². The summed E-state index contributed by atoms with van der Waals surface area (Å²) in [5, 5.41) is 9.58. The molecule has 2 N–H and O–H groups in total. The van der Waals surface area contributed by atoms with Gasteiger partial charge in [-0.15, -0.1) is 0 Å². The smallest absolute Gasteiger partial charge is 0.337 e. The second-order valence-corrected chi connectivity index (χ2v) is 9.05. The van der Waals surface area contributed by atoms with Gasteiger partial charge in [-0.1, -0.05) is 0 Å². The molecule has 28 heavy (non-hydrogen) atoms. The Kier molecular flexibility index (Phi) is 6.35. The minimum absolute atomic E-state index is 0.0319. The van der Waals surface area contributed by atoms with Crippen molar-refractivity contribution in [3.05, 3.63) is 48.0 Å². The Hall–Kier alpha value is -2.39. The molecule has 0 amide bonds. The predicted octanol–water partition coefficient (Wildman–Crippen LogP) is 3.14. The molecule has 2 aromatic rings. The summed E-state index contributed by atoms with van der Waals surface area (Å²) in [5.74, 6) is 1.35. The fourth-order valence-corrected chi connectivity index (χ4v) is 4.88. The molecule has 0 aromatic heterocycles. The number of nitrogens with zero attached hydrogens (tertiary/aromatic N) is 1. The molecule has 0 aliphatic carbocycles. The van der Waals surface area contributed by atoms with Crippen molar-refractivity contribution in [3.8, 4) is 5.75 Å². The van der Waals surface area contributed by atoms with Gasteiger partial charge in [-0.2, -0.15) is 11.8 Å². The first-order valence-corrected chi connectivity index (χ1v) is 11.5. The van der Waals surface area contributed by atoms with Crippen molar-refractivity contribution in [2.24, 2.45) is 0 Å². The SMILES string of the molecule is CCOc1ccc(S(=O)(=O)Nc2ccc(N3CCSCC3)cc2C(=O)O)cc1. The van der Waals surface area contributed by atoms with E-state index < -0.39 is 16.0 Å². The summed E-state index contributed by atoms with van der Waals surface area (Å²) >= 11 is 1.86. The zero-order valence-corrected chi connectivity index (χ0v) is 17.1. The molecule has 0 radical (unpaired) electrons. The number of benzene rings is 2. The number of carboxylic acids is 1. The van der Waals surface area contributed by atoms with Gasteiger partial charge in [0, 0.05) is 30.3 Å². The van der Waals surface area contributed by atoms with Crippen LogP contribution in [0.25, 0.3) is 0 Å². The van der Waals surface area contributed by atoms with E-state index in [4.69, 9.17) is 4.74 Å². The number of anilines is 2. The van der Waals surface area contributed by atoms with Gasteiger partial charge < -0.3 is 14.7 Å². The Morgan fingerprint density at radius 2 is 1.86 bits per heavy atom. The Bertz CT molecular complexity index is 939. The molecule has 0 unspecified atom stereocenters. The minimum atomic E-state index is -3.92. The van der Waals surface area contributed by atoms with Crippen LogP contribution in [-0.4, -0.2) is 50.7 Å². The van der Waals surface area contributed by atoms with Crippen molar-refractivity contribution >= 4 is 39.1 Å². The second-order valence-electron chi connectivity index (χ2n) is 6.14. The summed E-state index contributed by atoms with van der Waals surface area (Å²) in [7, 11) is -3.92. The summed E-state index contributed by atoms with van der Waals surface area (Å²) in [6.45, 7) is 3.99. The molecule has 0 spiro atoms. The van der Waals surface area contributed by atoms with Crippen LogP contribution < -0.4 is 14.4 Å². The first kappa shape index (κ1) is 20.3. The average molecular weight is 423 g/mol. The highest BCUT2D eigenvalue weighted by Crippen LogP contribution is 2.28. The average Bonchev–Trinajstić information content (AvgIpc) is 2.69. The van der Waals surface area contributed by atoms with Crippen LogP contribution in [0.5, 0.6) is 5.75 Å². The van der Waals surface area contributed by atoms with Crippen molar-refractivity contribution in [2.75, 3.05) is 40.8 Å². The van der Waals surface area contributed by atoms with Crippen molar-refractivity contribution < 1.29 is 23.1 Å². The lowest BCUT2D eigenvalue weighted by molar-refractivity contribution is 0.0698. The lowest BCUT2D eigenvalue weighted by Crippen LogP contribution is -2.32. The number of carboxylic acid groups (broad SMARTS) is 1. The molecule has 0 saturated carbocycles. The Labute approximate surface area is 168 Å². The second kappa shape index (κ2) is 8.74. The van der Waals surface area contributed by atoms with E-state index in [1.165, 1.54) is 24.3 Å². The molecule has 1 aliphatic rings. The molecular formula is C19H22N2O5S2. The first-order chi connectivity index (χ1) is 13.4. The molecular weight excluding hydrogens is 400 g/mol. The van der Waals surface area contributed by atoms with Crippen LogP contribution in [0.15, 0.2) is 47.4 Å². The van der Waals surface area contributed by atoms with Crippen LogP contribution in [-0.2, 0) is 10.0 Å². The number of hydrogen-bond donors (Lipinski definition) is 2. The molecule has 9 heteroatoms. The highest BCUT2D eigenvalue weighted by molar-refractivity contribution is 7.99. The fourth-order valence-electron chi connectivity index (χ4n) is 2.90. The third-order valence-electron chi connectivity index (χ3n) is 4.30. The van der Waals surface area contributed by atoms with Crippen LogP contribution in [0.2, 0.25) is 0 Å². The summed E-state index contributed by atoms with van der Waals surface area (Å²) in [6, 6.07) is 10.8. The number of ether oxygens (including phenoxy) is 1. The van der Waals surface area contributed by atoms with Gasteiger partial charge in [-0.3, -0.25) is 4.72 Å². The lowest BCUT2D eigenvalue weighted by Gasteiger charge is -2.29. The predicted molar refractivity (Wildman–Crippen MR) is 111 cm³/mol. The zero-order chi connectivity index (χ0) is 20.1. The van der Waals surface area contributed by atoms with Crippen LogP contribution in [0, 0.1) is 0 Å². The van der Waals surface area contributed by atoms with Gasteiger partial charge in [0.2, 0.25) is 0 Å². The summed E-state index contributed by atoms with van der Waals surface area (Å²) in [4.78, 5) is 13.9. The monoisotopic (exact) mass is 422 g/mol. The number of carbonyl (C=O) groups is 1. The van der Waals surface area contributed by atoms with Gasteiger partial charge >= 0.3 is 5.97 Å². The number of rotatable bonds is 7. The molecule has 0 atom stereocenters. The normalized spacial score (nSPS) is 14.5. The molecule has 1 fully saturated rings. The van der Waals surface area contributed by atoms with Gasteiger partial charge in [0.25, 0.3) is 10.0 Å². The lowest BCUT2D eigenvalue weighted by atomic mass is 10.1. The quantitative estimate of drug-likeness (QED) is 0.708. The third kappa shape index (κ3) is 4.71. The standard InChI is InChI=1S/C19H22N2O5S2/c1-2-26-15-4-6-16(7-5-15)28(24,25)20-18-8-3-14(13-17(18)19(22)23)21-9-11-27-12-10-21/h3-8,13,20H,2,9-12H2,1H3,(H,22,23). The van der Waals surface area contributed by atoms with Crippen molar-refractivity contribution in [1.29, 1.82) is 0 Å². The van der Waals surface area contributed by atoms with E-state index in [2.05, 4.69) is 9.62 Å². The van der Waals surface area contributed by atoms with Gasteiger partial charge in [0.15, 0.2) is 0 Å². The Morgan fingerprint density at radius 1 is 1.18 bits per heavy atom. The van der Waals surface area contributed by atoms with Crippen LogP contribution in [0.3, 0.4) is 0 Å². The number of nitrogens with one attached hydrogen (secondary N) is 1. The number of aromatic carboxylic acids is 1. The van der Waals surface area contributed by atoms with Crippen molar-refractivity contribution in [1.82, 2.24) is 0 Å². The van der Waals surface area contributed by atoms with E-state index >= 15 is 0 Å². The molecule has 150 valence electrons. The highest BCUT2D eigenvalue weighted by atomic mass is 32.2. The molecule has 1 aliphatic heterocycles. The minimum Gasteiger partial charge on any atom is -0.494 e. The van der Waals surface area contributed by atoms with E-state index in [1.807, 2.05) is 18.7 Å². The maximum atomic E-state index is 12.7. The Balaban J connectivity index is 1.86. The topological polar surface area (TPSA) is 95.9 Å². The van der Waals surface area contributed by atoms with E-state index in [0.717, 1.165) is 30.3 Å². The van der Waals surface area contributed by atoms with Crippen molar-refractivity contribution in [2.45, 2.75) is 11.8 Å². The molecule has 2 aromatic carbocycles. The third-order valence-corrected chi connectivity index (χ3v) is 6.62. The molecule has 1 heterocycles. The van der Waals surface area contributed by atoms with Crippen LogP contribution >= 0.6 is 11.8 Å². The van der Waals surface area contributed by atoms with Crippen molar-refractivity contribution in [3.63, 3.8) is 0 Å². The van der Waals surface area contributed by atoms with E-state index in [0.29, 0.717) is 12.4 Å². The van der Waals surface area contributed by atoms with Crippen LogP contribution in [0.4, 0.5) is 11.4 Å². The summed E-state index contributed by atoms with van der Waals surface area (Å²) in [5.41, 5.74) is 0.739. The molecule has 7 nitrogen and oxygen atoms in total. The zero-order valence-electron chi connectivity index (χ0n) is 15.4. The summed E-state index contributed by atoms with van der Waals surface area (Å²) in [6.07, 6.45) is 0. The van der Waals surface area contributed by atoms with Crippen LogP contribution in [0.1, 0.15) is 17.3 Å². The first-order valence-electron chi connectivity index (χ1n) is 8.86. The summed E-state index contributed by atoms with van der Waals surface area (Å²) < 4.78 is 33.1. The molecule has 3 rings (SSSR count). The Morgan fingerprint density at radius 3 is 2.46 bits per heavy atom.